The predicted octanol–water partition coefficient (Wildman–Crippen LogP) is 3.26. The van der Waals surface area contributed by atoms with E-state index in [4.69, 9.17) is 10.5 Å². The molecule has 0 aliphatic carbocycles. The Bertz CT molecular complexity index is 535. The van der Waals surface area contributed by atoms with E-state index >= 15 is 0 Å². The standard InChI is InChI=1S/C13H11F3N2O/c14-13(15,16)10-3-1-9(2-4-10)8-19-11-5-6-12(17)18-7-11/h1-7H,8H2,(H2,17,18). The molecular weight excluding hydrogens is 257 g/mol. The number of halogens is 3. The number of nitrogen functional groups attached to an aromatic ring is 1. The second-order valence-corrected chi connectivity index (χ2v) is 3.90. The number of rotatable bonds is 3. The van der Waals surface area contributed by atoms with Crippen LogP contribution in [0.1, 0.15) is 11.1 Å². The summed E-state index contributed by atoms with van der Waals surface area (Å²) in [6.45, 7) is 0.170. The monoisotopic (exact) mass is 268 g/mol. The Kier molecular flexibility index (Phi) is 3.59. The Morgan fingerprint density at radius 2 is 1.74 bits per heavy atom. The van der Waals surface area contributed by atoms with Crippen molar-refractivity contribution in [1.82, 2.24) is 4.98 Å². The van der Waals surface area contributed by atoms with Crippen molar-refractivity contribution in [3.63, 3.8) is 0 Å². The molecule has 2 N–H and O–H groups in total. The van der Waals surface area contributed by atoms with E-state index in [0.29, 0.717) is 17.1 Å². The molecule has 0 bridgehead atoms. The minimum atomic E-state index is -4.32. The van der Waals surface area contributed by atoms with Crippen LogP contribution in [0.2, 0.25) is 0 Å². The van der Waals surface area contributed by atoms with Crippen molar-refractivity contribution in [2.24, 2.45) is 0 Å². The molecule has 2 rings (SSSR count). The van der Waals surface area contributed by atoms with Gasteiger partial charge in [-0.15, -0.1) is 0 Å². The first-order valence-corrected chi connectivity index (χ1v) is 5.45. The molecule has 1 aromatic heterocycles. The summed E-state index contributed by atoms with van der Waals surface area (Å²) < 4.78 is 42.4. The number of anilines is 1. The Morgan fingerprint density at radius 3 is 2.26 bits per heavy atom. The number of nitrogens with zero attached hydrogens (tertiary/aromatic N) is 1. The summed E-state index contributed by atoms with van der Waals surface area (Å²) >= 11 is 0. The van der Waals surface area contributed by atoms with Crippen molar-refractivity contribution >= 4 is 5.82 Å². The van der Waals surface area contributed by atoms with Crippen LogP contribution in [0.3, 0.4) is 0 Å². The van der Waals surface area contributed by atoms with Gasteiger partial charge in [0.1, 0.15) is 18.2 Å². The summed E-state index contributed by atoms with van der Waals surface area (Å²) in [5.74, 6) is 0.885. The third-order valence-corrected chi connectivity index (χ3v) is 2.45. The highest BCUT2D eigenvalue weighted by molar-refractivity contribution is 5.32. The third kappa shape index (κ3) is 3.61. The van der Waals surface area contributed by atoms with Gasteiger partial charge in [-0.1, -0.05) is 12.1 Å². The van der Waals surface area contributed by atoms with E-state index in [1.165, 1.54) is 18.3 Å². The molecule has 0 saturated heterocycles. The Morgan fingerprint density at radius 1 is 1.05 bits per heavy atom. The van der Waals surface area contributed by atoms with Gasteiger partial charge in [-0.05, 0) is 29.8 Å². The van der Waals surface area contributed by atoms with E-state index in [1.807, 2.05) is 0 Å². The molecular formula is C13H11F3N2O. The first-order valence-electron chi connectivity index (χ1n) is 5.45. The maximum atomic E-state index is 12.4. The van der Waals surface area contributed by atoms with Crippen molar-refractivity contribution in [3.05, 3.63) is 53.7 Å². The van der Waals surface area contributed by atoms with Crippen LogP contribution in [0, 0.1) is 0 Å². The molecule has 6 heteroatoms. The Labute approximate surface area is 107 Å². The average molecular weight is 268 g/mol. The van der Waals surface area contributed by atoms with Gasteiger partial charge in [0.05, 0.1) is 11.8 Å². The first kappa shape index (κ1) is 13.2. The van der Waals surface area contributed by atoms with E-state index in [1.54, 1.807) is 12.1 Å². The van der Waals surface area contributed by atoms with Gasteiger partial charge in [-0.25, -0.2) is 4.98 Å². The highest BCUT2D eigenvalue weighted by Gasteiger charge is 2.29. The minimum absolute atomic E-state index is 0.170. The van der Waals surface area contributed by atoms with E-state index in [-0.39, 0.29) is 6.61 Å². The number of benzene rings is 1. The van der Waals surface area contributed by atoms with E-state index < -0.39 is 11.7 Å². The van der Waals surface area contributed by atoms with Gasteiger partial charge in [-0.3, -0.25) is 0 Å². The van der Waals surface area contributed by atoms with Crippen molar-refractivity contribution in [1.29, 1.82) is 0 Å². The summed E-state index contributed by atoms with van der Waals surface area (Å²) in [4.78, 5) is 3.84. The van der Waals surface area contributed by atoms with Crippen LogP contribution in [0.4, 0.5) is 19.0 Å². The van der Waals surface area contributed by atoms with E-state index in [2.05, 4.69) is 4.98 Å². The molecule has 1 aromatic carbocycles. The topological polar surface area (TPSA) is 48.1 Å². The summed E-state index contributed by atoms with van der Waals surface area (Å²) in [7, 11) is 0. The van der Waals surface area contributed by atoms with Crippen LogP contribution in [0.5, 0.6) is 5.75 Å². The molecule has 0 aliphatic rings. The van der Waals surface area contributed by atoms with Gasteiger partial charge in [-0.2, -0.15) is 13.2 Å². The highest BCUT2D eigenvalue weighted by Crippen LogP contribution is 2.29. The molecule has 3 nitrogen and oxygen atoms in total. The third-order valence-electron chi connectivity index (χ3n) is 2.45. The first-order chi connectivity index (χ1) is 8.95. The molecule has 1 heterocycles. The lowest BCUT2D eigenvalue weighted by atomic mass is 10.1. The quantitative estimate of drug-likeness (QED) is 0.929. The molecule has 0 fully saturated rings. The van der Waals surface area contributed by atoms with Crippen LogP contribution >= 0.6 is 0 Å². The number of ether oxygens (including phenoxy) is 1. The van der Waals surface area contributed by atoms with Gasteiger partial charge >= 0.3 is 6.18 Å². The van der Waals surface area contributed by atoms with Crippen LogP contribution in [-0.2, 0) is 12.8 Å². The summed E-state index contributed by atoms with van der Waals surface area (Å²) in [6.07, 6.45) is -2.86. The zero-order valence-corrected chi connectivity index (χ0v) is 9.82. The fraction of sp³-hybridized carbons (Fsp3) is 0.154. The molecule has 0 amide bonds. The van der Waals surface area contributed by atoms with Gasteiger partial charge in [0.15, 0.2) is 0 Å². The molecule has 0 radical (unpaired) electrons. The van der Waals surface area contributed by atoms with E-state index in [0.717, 1.165) is 12.1 Å². The molecule has 19 heavy (non-hydrogen) atoms. The fourth-order valence-corrected chi connectivity index (χ4v) is 1.43. The zero-order valence-electron chi connectivity index (χ0n) is 9.82. The number of aromatic nitrogens is 1. The second kappa shape index (κ2) is 5.17. The minimum Gasteiger partial charge on any atom is -0.487 e. The zero-order chi connectivity index (χ0) is 13.9. The van der Waals surface area contributed by atoms with Gasteiger partial charge in [0, 0.05) is 0 Å². The molecule has 0 saturated carbocycles. The van der Waals surface area contributed by atoms with Crippen LogP contribution in [-0.4, -0.2) is 4.98 Å². The smallest absolute Gasteiger partial charge is 0.416 e. The van der Waals surface area contributed by atoms with Crippen molar-refractivity contribution < 1.29 is 17.9 Å². The lowest BCUT2D eigenvalue weighted by Gasteiger charge is -2.09. The second-order valence-electron chi connectivity index (χ2n) is 3.90. The maximum absolute atomic E-state index is 12.4. The maximum Gasteiger partial charge on any atom is 0.416 e. The molecule has 0 spiro atoms. The number of nitrogens with two attached hydrogens (primary N) is 1. The van der Waals surface area contributed by atoms with Crippen molar-refractivity contribution in [3.8, 4) is 5.75 Å². The lowest BCUT2D eigenvalue weighted by Crippen LogP contribution is -2.05. The Hall–Kier alpha value is -2.24. The van der Waals surface area contributed by atoms with Crippen LogP contribution in [0.15, 0.2) is 42.6 Å². The molecule has 0 aliphatic heterocycles. The fourth-order valence-electron chi connectivity index (χ4n) is 1.43. The van der Waals surface area contributed by atoms with Gasteiger partial charge in [0.2, 0.25) is 0 Å². The number of alkyl halides is 3. The van der Waals surface area contributed by atoms with Crippen LogP contribution < -0.4 is 10.5 Å². The predicted molar refractivity (Wildman–Crippen MR) is 64.4 cm³/mol. The average Bonchev–Trinajstić information content (AvgIpc) is 2.37. The number of pyridine rings is 1. The SMILES string of the molecule is Nc1ccc(OCc2ccc(C(F)(F)F)cc2)cn1. The molecule has 100 valence electrons. The van der Waals surface area contributed by atoms with E-state index in [9.17, 15) is 13.2 Å². The summed E-state index contributed by atoms with van der Waals surface area (Å²) in [6, 6.07) is 8.05. The number of hydrogen-bond acceptors (Lipinski definition) is 3. The molecule has 0 atom stereocenters. The molecule has 0 unspecified atom stereocenters. The lowest BCUT2D eigenvalue weighted by molar-refractivity contribution is -0.137. The highest BCUT2D eigenvalue weighted by atomic mass is 19.4. The van der Waals surface area contributed by atoms with Gasteiger partial charge in [0.25, 0.3) is 0 Å². The summed E-state index contributed by atoms with van der Waals surface area (Å²) in [5.41, 5.74) is 5.39. The Balaban J connectivity index is 1.98. The van der Waals surface area contributed by atoms with Crippen molar-refractivity contribution in [2.45, 2.75) is 12.8 Å². The van der Waals surface area contributed by atoms with Gasteiger partial charge < -0.3 is 10.5 Å². The van der Waals surface area contributed by atoms with Crippen LogP contribution in [0.25, 0.3) is 0 Å². The summed E-state index contributed by atoms with van der Waals surface area (Å²) in [5, 5.41) is 0. The van der Waals surface area contributed by atoms with Crippen molar-refractivity contribution in [2.75, 3.05) is 5.73 Å². The normalized spacial score (nSPS) is 11.3. The molecule has 2 aromatic rings. The largest absolute Gasteiger partial charge is 0.487 e. The number of hydrogen-bond donors (Lipinski definition) is 1.